The monoisotopic (exact) mass is 296 g/mol. The number of hydrogen-bond donors (Lipinski definition) is 0. The second-order valence-electron chi connectivity index (χ2n) is 4.08. The zero-order chi connectivity index (χ0) is 15.6. The van der Waals surface area contributed by atoms with E-state index >= 15 is 0 Å². The van der Waals surface area contributed by atoms with Crippen molar-refractivity contribution in [3.05, 3.63) is 47.4 Å². The van der Waals surface area contributed by atoms with Crippen LogP contribution in [-0.2, 0) is 6.18 Å². The summed E-state index contributed by atoms with van der Waals surface area (Å²) >= 11 is 0. The van der Waals surface area contributed by atoms with E-state index in [4.69, 9.17) is 10.00 Å². The number of benzene rings is 1. The van der Waals surface area contributed by atoms with Crippen LogP contribution in [0.25, 0.3) is 11.1 Å². The van der Waals surface area contributed by atoms with Gasteiger partial charge < -0.3 is 4.74 Å². The van der Waals surface area contributed by atoms with Crippen LogP contribution in [-0.4, -0.2) is 12.1 Å². The summed E-state index contributed by atoms with van der Waals surface area (Å²) in [5.74, 6) is -0.665. The molecule has 0 fully saturated rings. The predicted octanol–water partition coefficient (Wildman–Crippen LogP) is 3.79. The van der Waals surface area contributed by atoms with Crippen LogP contribution in [0.1, 0.15) is 11.1 Å². The molecule has 21 heavy (non-hydrogen) atoms. The van der Waals surface area contributed by atoms with Gasteiger partial charge in [0.15, 0.2) is 0 Å². The summed E-state index contributed by atoms with van der Waals surface area (Å²) in [4.78, 5) is 3.64. The number of halogens is 4. The molecule has 0 unspecified atom stereocenters. The highest BCUT2D eigenvalue weighted by Crippen LogP contribution is 2.34. The molecule has 0 spiro atoms. The molecular formula is C14H8F4N2O. The van der Waals surface area contributed by atoms with Crippen molar-refractivity contribution in [1.82, 2.24) is 4.98 Å². The number of rotatable bonds is 2. The number of aromatic nitrogens is 1. The Hall–Kier alpha value is -2.62. The number of methoxy groups -OCH3 is 1. The van der Waals surface area contributed by atoms with Crippen LogP contribution in [0.3, 0.4) is 0 Å². The van der Waals surface area contributed by atoms with Crippen molar-refractivity contribution in [2.75, 3.05) is 7.11 Å². The SMILES string of the molecule is COc1cc(-c2ccc(C(F)(F)F)cc2C#N)c(F)cn1. The van der Waals surface area contributed by atoms with E-state index in [-0.39, 0.29) is 22.6 Å². The van der Waals surface area contributed by atoms with Gasteiger partial charge in [-0.15, -0.1) is 0 Å². The summed E-state index contributed by atoms with van der Waals surface area (Å²) in [6.07, 6.45) is -3.69. The highest BCUT2D eigenvalue weighted by Gasteiger charge is 2.31. The molecular weight excluding hydrogens is 288 g/mol. The van der Waals surface area contributed by atoms with Crippen LogP contribution < -0.4 is 4.74 Å². The molecule has 0 aliphatic carbocycles. The minimum absolute atomic E-state index is 0.0451. The fourth-order valence-electron chi connectivity index (χ4n) is 1.79. The van der Waals surface area contributed by atoms with Crippen LogP contribution in [0.15, 0.2) is 30.5 Å². The molecule has 108 valence electrons. The summed E-state index contributed by atoms with van der Waals surface area (Å²) in [6, 6.07) is 5.40. The van der Waals surface area contributed by atoms with Gasteiger partial charge in [0.2, 0.25) is 5.88 Å². The lowest BCUT2D eigenvalue weighted by atomic mass is 9.98. The molecule has 1 aromatic heterocycles. The summed E-state index contributed by atoms with van der Waals surface area (Å²) in [6.45, 7) is 0. The number of hydrogen-bond acceptors (Lipinski definition) is 3. The summed E-state index contributed by atoms with van der Waals surface area (Å²) < 4.78 is 56.5. The maximum atomic E-state index is 13.8. The Morgan fingerprint density at radius 3 is 2.48 bits per heavy atom. The number of nitrogens with zero attached hydrogens (tertiary/aromatic N) is 2. The molecule has 0 N–H and O–H groups in total. The number of ether oxygens (including phenoxy) is 1. The Morgan fingerprint density at radius 2 is 1.90 bits per heavy atom. The normalized spacial score (nSPS) is 11.0. The van der Waals surface area contributed by atoms with E-state index in [1.54, 1.807) is 6.07 Å². The number of alkyl halides is 3. The third-order valence-electron chi connectivity index (χ3n) is 2.80. The molecule has 0 radical (unpaired) electrons. The highest BCUT2D eigenvalue weighted by atomic mass is 19.4. The van der Waals surface area contributed by atoms with E-state index in [1.165, 1.54) is 13.2 Å². The molecule has 2 aromatic rings. The quantitative estimate of drug-likeness (QED) is 0.792. The Kier molecular flexibility index (Phi) is 3.80. The molecule has 0 aliphatic rings. The summed E-state index contributed by atoms with van der Waals surface area (Å²) in [5.41, 5.74) is -1.25. The largest absolute Gasteiger partial charge is 0.481 e. The van der Waals surface area contributed by atoms with Crippen molar-refractivity contribution < 1.29 is 22.3 Å². The molecule has 1 heterocycles. The molecule has 7 heteroatoms. The van der Waals surface area contributed by atoms with E-state index in [2.05, 4.69) is 4.98 Å². The van der Waals surface area contributed by atoms with Crippen molar-refractivity contribution >= 4 is 0 Å². The standard InChI is InChI=1S/C14H8F4N2O/c1-21-13-5-11(12(15)7-20-13)10-3-2-9(14(16,17)18)4-8(10)6-19/h2-5,7H,1H3. The minimum Gasteiger partial charge on any atom is -0.481 e. The third-order valence-corrected chi connectivity index (χ3v) is 2.80. The molecule has 0 atom stereocenters. The lowest BCUT2D eigenvalue weighted by Gasteiger charge is -2.11. The first-order chi connectivity index (χ1) is 9.86. The van der Waals surface area contributed by atoms with E-state index in [0.29, 0.717) is 6.07 Å². The first kappa shape index (κ1) is 14.8. The van der Waals surface area contributed by atoms with Crippen molar-refractivity contribution in [3.63, 3.8) is 0 Å². The van der Waals surface area contributed by atoms with Crippen molar-refractivity contribution in [2.45, 2.75) is 6.18 Å². The molecule has 0 amide bonds. The first-order valence-electron chi connectivity index (χ1n) is 5.68. The second-order valence-corrected chi connectivity index (χ2v) is 4.08. The second kappa shape index (κ2) is 5.40. The van der Waals surface area contributed by atoms with E-state index < -0.39 is 17.6 Å². The van der Waals surface area contributed by atoms with Crippen molar-refractivity contribution in [2.24, 2.45) is 0 Å². The van der Waals surface area contributed by atoms with Gasteiger partial charge >= 0.3 is 6.18 Å². The van der Waals surface area contributed by atoms with Gasteiger partial charge in [-0.3, -0.25) is 0 Å². The van der Waals surface area contributed by atoms with Gasteiger partial charge in [0.25, 0.3) is 0 Å². The molecule has 2 rings (SSSR count). The Labute approximate surface area is 117 Å². The third kappa shape index (κ3) is 2.94. The Bertz CT molecular complexity index is 720. The lowest BCUT2D eigenvalue weighted by molar-refractivity contribution is -0.137. The average molecular weight is 296 g/mol. The van der Waals surface area contributed by atoms with Gasteiger partial charge in [0.1, 0.15) is 5.82 Å². The summed E-state index contributed by atoms with van der Waals surface area (Å²) in [7, 11) is 1.32. The van der Waals surface area contributed by atoms with Crippen LogP contribution >= 0.6 is 0 Å². The van der Waals surface area contributed by atoms with Gasteiger partial charge in [-0.05, 0) is 12.1 Å². The maximum Gasteiger partial charge on any atom is 0.416 e. The zero-order valence-electron chi connectivity index (χ0n) is 10.7. The van der Waals surface area contributed by atoms with Crippen LogP contribution in [0.2, 0.25) is 0 Å². The van der Waals surface area contributed by atoms with Gasteiger partial charge in [-0.2, -0.15) is 18.4 Å². The smallest absolute Gasteiger partial charge is 0.416 e. The first-order valence-corrected chi connectivity index (χ1v) is 5.68. The fourth-order valence-corrected chi connectivity index (χ4v) is 1.79. The molecule has 0 saturated heterocycles. The zero-order valence-corrected chi connectivity index (χ0v) is 10.7. The van der Waals surface area contributed by atoms with Crippen LogP contribution in [0, 0.1) is 17.1 Å². The predicted molar refractivity (Wildman–Crippen MR) is 65.9 cm³/mol. The molecule has 0 bridgehead atoms. The van der Waals surface area contributed by atoms with Gasteiger partial charge in [-0.25, -0.2) is 9.37 Å². The van der Waals surface area contributed by atoms with E-state index in [0.717, 1.165) is 18.3 Å². The average Bonchev–Trinajstić information content (AvgIpc) is 2.46. The maximum absolute atomic E-state index is 13.8. The molecule has 0 saturated carbocycles. The van der Waals surface area contributed by atoms with Crippen LogP contribution in [0.4, 0.5) is 17.6 Å². The minimum atomic E-state index is -4.57. The topological polar surface area (TPSA) is 45.9 Å². The molecule has 0 aliphatic heterocycles. The Morgan fingerprint density at radius 1 is 1.19 bits per heavy atom. The number of pyridine rings is 1. The van der Waals surface area contributed by atoms with E-state index in [1.807, 2.05) is 0 Å². The molecule has 3 nitrogen and oxygen atoms in total. The highest BCUT2D eigenvalue weighted by molar-refractivity contribution is 5.72. The van der Waals surface area contributed by atoms with Gasteiger partial charge in [0, 0.05) is 17.2 Å². The molecule has 1 aromatic carbocycles. The van der Waals surface area contributed by atoms with Crippen molar-refractivity contribution in [3.8, 4) is 23.1 Å². The number of nitriles is 1. The van der Waals surface area contributed by atoms with Gasteiger partial charge in [-0.1, -0.05) is 6.07 Å². The lowest BCUT2D eigenvalue weighted by Crippen LogP contribution is -2.05. The van der Waals surface area contributed by atoms with Crippen LogP contribution in [0.5, 0.6) is 5.88 Å². The Balaban J connectivity index is 2.63. The fraction of sp³-hybridized carbons (Fsp3) is 0.143. The summed E-state index contributed by atoms with van der Waals surface area (Å²) in [5, 5.41) is 9.00. The van der Waals surface area contributed by atoms with E-state index in [9.17, 15) is 17.6 Å². The van der Waals surface area contributed by atoms with Crippen molar-refractivity contribution in [1.29, 1.82) is 5.26 Å². The van der Waals surface area contributed by atoms with Gasteiger partial charge in [0.05, 0.1) is 30.5 Å².